The first kappa shape index (κ1) is 13.5. The van der Waals surface area contributed by atoms with Gasteiger partial charge >= 0.3 is 0 Å². The van der Waals surface area contributed by atoms with Crippen LogP contribution in [0.2, 0.25) is 0 Å². The molecule has 1 N–H and O–H groups in total. The minimum absolute atomic E-state index is 0.209. The highest BCUT2D eigenvalue weighted by atomic mass is 16.3. The first-order valence-electron chi connectivity index (χ1n) is 4.96. The molecule has 84 valence electrons. The smallest absolute Gasteiger partial charge is 0.129 e. The first-order chi connectivity index (χ1) is 6.43. The van der Waals surface area contributed by atoms with E-state index >= 15 is 0 Å². The van der Waals surface area contributed by atoms with Gasteiger partial charge in [-0.05, 0) is 34.5 Å². The highest BCUT2D eigenvalue weighted by molar-refractivity contribution is 5.75. The maximum absolute atomic E-state index is 10.7. The summed E-state index contributed by atoms with van der Waals surface area (Å²) < 4.78 is 0. The number of nitrogens with zero attached hydrogens (tertiary/aromatic N) is 2. The van der Waals surface area contributed by atoms with Crippen LogP contribution in [0.5, 0.6) is 0 Å². The van der Waals surface area contributed by atoms with E-state index in [0.717, 1.165) is 13.0 Å². The van der Waals surface area contributed by atoms with Crippen molar-refractivity contribution in [3.63, 3.8) is 0 Å². The van der Waals surface area contributed by atoms with Gasteiger partial charge in [-0.3, -0.25) is 4.90 Å². The monoisotopic (exact) mass is 202 g/mol. The summed E-state index contributed by atoms with van der Waals surface area (Å²) in [4.78, 5) is 14.5. The fourth-order valence-corrected chi connectivity index (χ4v) is 1.19. The van der Waals surface area contributed by atoms with Gasteiger partial charge in [0.2, 0.25) is 0 Å². The molecule has 0 rings (SSSR count). The van der Waals surface area contributed by atoms with Crippen molar-refractivity contribution in [2.24, 2.45) is 0 Å². The molecule has 4 nitrogen and oxygen atoms in total. The summed E-state index contributed by atoms with van der Waals surface area (Å²) in [5.74, 6) is 0.209. The topological polar surface area (TPSA) is 43.8 Å². The minimum Gasteiger partial charge on any atom is -0.377 e. The first-order valence-corrected chi connectivity index (χ1v) is 4.96. The third-order valence-corrected chi connectivity index (χ3v) is 2.08. The third-order valence-electron chi connectivity index (χ3n) is 2.08. The Hall–Kier alpha value is -0.450. The zero-order valence-corrected chi connectivity index (χ0v) is 9.66. The molecule has 1 atom stereocenters. The number of hydrogen-bond donors (Lipinski definition) is 1. The molecule has 0 aromatic rings. The summed E-state index contributed by atoms with van der Waals surface area (Å²) in [5, 5.41) is 9.65. The highest BCUT2D eigenvalue weighted by Crippen LogP contribution is 1.98. The molecule has 0 amide bonds. The SMILES string of the molecule is CC(=O)CCCN(C)C(O)CN(C)C. The van der Waals surface area contributed by atoms with Crippen molar-refractivity contribution in [1.82, 2.24) is 9.80 Å². The molecular formula is C10H22N2O2. The van der Waals surface area contributed by atoms with Crippen LogP contribution in [0.25, 0.3) is 0 Å². The number of aliphatic hydroxyl groups is 1. The van der Waals surface area contributed by atoms with Crippen molar-refractivity contribution in [3.8, 4) is 0 Å². The molecule has 14 heavy (non-hydrogen) atoms. The number of ketones is 1. The van der Waals surface area contributed by atoms with Crippen LogP contribution in [-0.2, 0) is 4.79 Å². The number of carbonyl (C=O) groups is 1. The van der Waals surface area contributed by atoms with Crippen LogP contribution in [0, 0.1) is 0 Å². The molecule has 0 fully saturated rings. The Labute approximate surface area is 86.5 Å². The van der Waals surface area contributed by atoms with E-state index in [-0.39, 0.29) is 5.78 Å². The number of aliphatic hydroxyl groups excluding tert-OH is 1. The van der Waals surface area contributed by atoms with Crippen LogP contribution in [0.4, 0.5) is 0 Å². The number of hydrogen-bond acceptors (Lipinski definition) is 4. The lowest BCUT2D eigenvalue weighted by Crippen LogP contribution is -2.40. The van der Waals surface area contributed by atoms with E-state index in [9.17, 15) is 9.90 Å². The van der Waals surface area contributed by atoms with Gasteiger partial charge in [-0.1, -0.05) is 0 Å². The van der Waals surface area contributed by atoms with Gasteiger partial charge in [-0.25, -0.2) is 0 Å². The van der Waals surface area contributed by atoms with Gasteiger partial charge in [0.1, 0.15) is 12.0 Å². The molecule has 0 bridgehead atoms. The molecule has 0 aliphatic carbocycles. The van der Waals surface area contributed by atoms with Crippen molar-refractivity contribution >= 4 is 5.78 Å². The summed E-state index contributed by atoms with van der Waals surface area (Å²) in [6, 6.07) is 0. The second-order valence-electron chi connectivity index (χ2n) is 4.03. The lowest BCUT2D eigenvalue weighted by Gasteiger charge is -2.25. The Bertz CT molecular complexity index is 172. The van der Waals surface area contributed by atoms with Crippen LogP contribution < -0.4 is 0 Å². The van der Waals surface area contributed by atoms with Crippen molar-refractivity contribution in [3.05, 3.63) is 0 Å². The summed E-state index contributed by atoms with van der Waals surface area (Å²) >= 11 is 0. The Balaban J connectivity index is 3.61. The van der Waals surface area contributed by atoms with Crippen molar-refractivity contribution < 1.29 is 9.90 Å². The van der Waals surface area contributed by atoms with Gasteiger partial charge in [-0.15, -0.1) is 0 Å². The standard InChI is InChI=1S/C10H22N2O2/c1-9(13)6-5-7-12(4)10(14)8-11(2)3/h10,14H,5-8H2,1-4H3. The summed E-state index contributed by atoms with van der Waals surface area (Å²) in [6.07, 6.45) is 0.965. The molecule has 0 saturated carbocycles. The molecule has 0 aromatic heterocycles. The lowest BCUT2D eigenvalue weighted by atomic mass is 10.2. The average molecular weight is 202 g/mol. The molecule has 0 aromatic carbocycles. The maximum Gasteiger partial charge on any atom is 0.129 e. The van der Waals surface area contributed by atoms with Gasteiger partial charge in [0.15, 0.2) is 0 Å². The summed E-state index contributed by atoms with van der Waals surface area (Å²) in [6.45, 7) is 2.97. The van der Waals surface area contributed by atoms with Crippen LogP contribution >= 0.6 is 0 Å². The number of Topliss-reactive ketones (excluding diaryl/α,β-unsaturated/α-hetero) is 1. The van der Waals surface area contributed by atoms with E-state index in [1.165, 1.54) is 0 Å². The molecule has 0 radical (unpaired) electrons. The fourth-order valence-electron chi connectivity index (χ4n) is 1.19. The van der Waals surface area contributed by atoms with Crippen LogP contribution in [0.15, 0.2) is 0 Å². The second-order valence-corrected chi connectivity index (χ2v) is 4.03. The molecular weight excluding hydrogens is 180 g/mol. The molecule has 0 spiro atoms. The van der Waals surface area contributed by atoms with Gasteiger partial charge < -0.3 is 14.8 Å². The normalized spacial score (nSPS) is 13.6. The number of carbonyl (C=O) groups excluding carboxylic acids is 1. The molecule has 1 unspecified atom stereocenters. The van der Waals surface area contributed by atoms with E-state index in [4.69, 9.17) is 0 Å². The molecule has 0 aliphatic heterocycles. The van der Waals surface area contributed by atoms with Gasteiger partial charge in [-0.2, -0.15) is 0 Å². The Morgan fingerprint density at radius 3 is 2.36 bits per heavy atom. The third kappa shape index (κ3) is 7.00. The Kier molecular flexibility index (Phi) is 6.70. The van der Waals surface area contributed by atoms with Crippen LogP contribution in [-0.4, -0.2) is 61.2 Å². The molecule has 0 heterocycles. The van der Waals surface area contributed by atoms with E-state index < -0.39 is 6.23 Å². The predicted molar refractivity (Wildman–Crippen MR) is 57.1 cm³/mol. The van der Waals surface area contributed by atoms with E-state index in [2.05, 4.69) is 0 Å². The van der Waals surface area contributed by atoms with Crippen LogP contribution in [0.1, 0.15) is 19.8 Å². The summed E-state index contributed by atoms with van der Waals surface area (Å²) in [7, 11) is 5.72. The van der Waals surface area contributed by atoms with Gasteiger partial charge in [0.05, 0.1) is 0 Å². The quantitative estimate of drug-likeness (QED) is 0.598. The van der Waals surface area contributed by atoms with Gasteiger partial charge in [0, 0.05) is 19.5 Å². The second kappa shape index (κ2) is 6.92. The lowest BCUT2D eigenvalue weighted by molar-refractivity contribution is -0.117. The minimum atomic E-state index is -0.447. The van der Waals surface area contributed by atoms with Crippen molar-refractivity contribution in [2.75, 3.05) is 34.2 Å². The number of likely N-dealkylation sites (N-methyl/N-ethyl adjacent to an activating group) is 2. The van der Waals surface area contributed by atoms with Crippen LogP contribution in [0.3, 0.4) is 0 Å². The number of rotatable bonds is 7. The Morgan fingerprint density at radius 2 is 1.93 bits per heavy atom. The Morgan fingerprint density at radius 1 is 1.36 bits per heavy atom. The van der Waals surface area contributed by atoms with E-state index in [1.807, 2.05) is 30.9 Å². The zero-order chi connectivity index (χ0) is 11.1. The average Bonchev–Trinajstić information content (AvgIpc) is 2.01. The molecule has 0 saturated heterocycles. The highest BCUT2D eigenvalue weighted by Gasteiger charge is 2.11. The van der Waals surface area contributed by atoms with Gasteiger partial charge in [0.25, 0.3) is 0 Å². The largest absolute Gasteiger partial charge is 0.377 e. The van der Waals surface area contributed by atoms with E-state index in [1.54, 1.807) is 6.92 Å². The molecule has 4 heteroatoms. The maximum atomic E-state index is 10.7. The predicted octanol–water partition coefficient (Wildman–Crippen LogP) is 0.167. The summed E-state index contributed by atoms with van der Waals surface area (Å²) in [5.41, 5.74) is 0. The van der Waals surface area contributed by atoms with Crippen molar-refractivity contribution in [2.45, 2.75) is 26.0 Å². The van der Waals surface area contributed by atoms with E-state index in [0.29, 0.717) is 13.0 Å². The molecule has 0 aliphatic rings. The van der Waals surface area contributed by atoms with Crippen molar-refractivity contribution in [1.29, 1.82) is 0 Å². The fraction of sp³-hybridized carbons (Fsp3) is 0.900. The zero-order valence-electron chi connectivity index (χ0n) is 9.66.